The van der Waals surface area contributed by atoms with Gasteiger partial charge in [0.2, 0.25) is 0 Å². The lowest BCUT2D eigenvalue weighted by molar-refractivity contribution is -0.135. The summed E-state index contributed by atoms with van der Waals surface area (Å²) in [6.45, 7) is 10.1. The summed E-state index contributed by atoms with van der Waals surface area (Å²) in [6.07, 6.45) is -1.07. The highest BCUT2D eigenvalue weighted by Gasteiger charge is 2.39. The van der Waals surface area contributed by atoms with E-state index in [-0.39, 0.29) is 0 Å². The van der Waals surface area contributed by atoms with Gasteiger partial charge in [-0.05, 0) is 24.7 Å². The maximum absolute atomic E-state index is 12.8. The van der Waals surface area contributed by atoms with Crippen molar-refractivity contribution in [2.24, 2.45) is 17.3 Å². The van der Waals surface area contributed by atoms with E-state index in [1.165, 1.54) is 0 Å². The molecule has 2 saturated heterocycles. The van der Waals surface area contributed by atoms with Crippen molar-refractivity contribution < 1.29 is 32.6 Å². The van der Waals surface area contributed by atoms with Gasteiger partial charge in [-0.1, -0.05) is 27.7 Å². The van der Waals surface area contributed by atoms with E-state index in [9.17, 15) is 4.57 Å². The molecule has 2 atom stereocenters. The predicted octanol–water partition coefficient (Wildman–Crippen LogP) is 2.66. The molecule has 2 aliphatic heterocycles. The van der Waals surface area contributed by atoms with Crippen LogP contribution in [0.4, 0.5) is 0 Å². The van der Waals surface area contributed by atoms with Crippen LogP contribution in [0.3, 0.4) is 0 Å². The Bertz CT molecular complexity index is 400. The third-order valence-corrected chi connectivity index (χ3v) is 5.00. The van der Waals surface area contributed by atoms with Crippen molar-refractivity contribution in [3.05, 3.63) is 0 Å². The van der Waals surface area contributed by atoms with Crippen molar-refractivity contribution in [1.29, 1.82) is 0 Å². The van der Waals surface area contributed by atoms with Crippen molar-refractivity contribution >= 4 is 7.75 Å². The van der Waals surface area contributed by atoms with Crippen LogP contribution >= 0.6 is 7.75 Å². The summed E-state index contributed by atoms with van der Waals surface area (Å²) in [4.78, 5) is 0. The average Bonchev–Trinajstić information content (AvgIpc) is 3.18. The van der Waals surface area contributed by atoms with Crippen molar-refractivity contribution in [2.75, 3.05) is 26.4 Å². The molecular weight excluding hydrogens is 349 g/mol. The molecule has 2 N–H and O–H groups in total. The summed E-state index contributed by atoms with van der Waals surface area (Å²) < 4.78 is 46.1. The van der Waals surface area contributed by atoms with Crippen molar-refractivity contribution in [2.45, 2.75) is 65.3 Å². The zero-order valence-electron chi connectivity index (χ0n) is 15.6. The lowest BCUT2D eigenvalue weighted by Gasteiger charge is -2.30. The predicted molar refractivity (Wildman–Crippen MR) is 91.8 cm³/mol. The van der Waals surface area contributed by atoms with E-state index in [0.717, 1.165) is 0 Å². The van der Waals surface area contributed by atoms with Crippen molar-refractivity contribution in [3.63, 3.8) is 0 Å². The average molecular weight is 381 g/mol. The van der Waals surface area contributed by atoms with Crippen molar-refractivity contribution in [1.82, 2.24) is 0 Å². The minimum absolute atomic E-state index is 0.297. The first-order valence-corrected chi connectivity index (χ1v) is 10.6. The molecule has 0 radical (unpaired) electrons. The number of ether oxygens (including phenoxy) is 4. The molecule has 2 heterocycles. The van der Waals surface area contributed by atoms with Gasteiger partial charge in [0.25, 0.3) is 0 Å². The molecule has 148 valence electrons. The maximum Gasteiger partial charge on any atom is 0.403 e. The third kappa shape index (κ3) is 7.23. The van der Waals surface area contributed by atoms with Gasteiger partial charge in [0.05, 0.1) is 26.4 Å². The van der Waals surface area contributed by atoms with Crippen LogP contribution in [-0.4, -0.2) is 51.2 Å². The Morgan fingerprint density at radius 2 is 1.16 bits per heavy atom. The fourth-order valence-corrected chi connectivity index (χ4v) is 4.10. The first kappa shape index (κ1) is 21.3. The normalized spacial score (nSPS) is 23.0. The highest BCUT2D eigenvalue weighted by molar-refractivity contribution is 7.51. The fourth-order valence-electron chi connectivity index (χ4n) is 2.92. The van der Waals surface area contributed by atoms with Gasteiger partial charge in [0.1, 0.15) is 12.2 Å². The summed E-state index contributed by atoms with van der Waals surface area (Å²) in [5.41, 5.74) is 5.89. The second kappa shape index (κ2) is 9.76. The molecule has 0 aromatic rings. The van der Waals surface area contributed by atoms with Gasteiger partial charge in [-0.2, -0.15) is 0 Å². The molecule has 8 nitrogen and oxygen atoms in total. The molecule has 2 rings (SSSR count). The van der Waals surface area contributed by atoms with Crippen LogP contribution in [0.25, 0.3) is 0 Å². The Hall–Kier alpha value is -0.0500. The van der Waals surface area contributed by atoms with Crippen LogP contribution in [0.15, 0.2) is 0 Å². The Morgan fingerprint density at radius 1 is 0.840 bits per heavy atom. The minimum Gasteiger partial charge on any atom is -0.348 e. The molecule has 0 saturated carbocycles. The second-order valence-corrected chi connectivity index (χ2v) is 8.81. The molecule has 9 heteroatoms. The maximum atomic E-state index is 12.8. The van der Waals surface area contributed by atoms with E-state index >= 15 is 0 Å². The Balaban J connectivity index is 2.01. The first-order chi connectivity index (χ1) is 11.8. The minimum atomic E-state index is -3.84. The van der Waals surface area contributed by atoms with E-state index < -0.39 is 32.5 Å². The molecule has 0 unspecified atom stereocenters. The smallest absolute Gasteiger partial charge is 0.348 e. The first-order valence-electron chi connectivity index (χ1n) is 8.98. The molecule has 25 heavy (non-hydrogen) atoms. The van der Waals surface area contributed by atoms with Crippen LogP contribution < -0.4 is 5.50 Å². The van der Waals surface area contributed by atoms with Gasteiger partial charge in [0.15, 0.2) is 12.6 Å². The molecule has 2 aliphatic rings. The third-order valence-electron chi connectivity index (χ3n) is 3.87. The number of hydrogen-bond acceptors (Lipinski definition) is 7. The molecule has 0 aromatic heterocycles. The second-order valence-electron chi connectivity index (χ2n) is 7.31. The molecule has 0 bridgehead atoms. The van der Waals surface area contributed by atoms with Gasteiger partial charge in [-0.25, -0.2) is 10.1 Å². The Kier molecular flexibility index (Phi) is 8.30. The summed E-state index contributed by atoms with van der Waals surface area (Å²) in [6, 6.07) is 0. The van der Waals surface area contributed by atoms with Gasteiger partial charge in [-0.3, -0.25) is 9.05 Å². The van der Waals surface area contributed by atoms with Gasteiger partial charge < -0.3 is 18.9 Å². The van der Waals surface area contributed by atoms with Crippen LogP contribution in [-0.2, 0) is 32.6 Å². The molecule has 0 aliphatic carbocycles. The van der Waals surface area contributed by atoms with Gasteiger partial charge in [0, 0.05) is 0 Å². The zero-order chi connectivity index (χ0) is 18.4. The molecule has 0 amide bonds. The van der Waals surface area contributed by atoms with E-state index in [1.54, 1.807) is 0 Å². The van der Waals surface area contributed by atoms with E-state index in [1.807, 2.05) is 27.7 Å². The van der Waals surface area contributed by atoms with E-state index in [2.05, 4.69) is 0 Å². The lowest BCUT2D eigenvalue weighted by Crippen LogP contribution is -2.35. The quantitative estimate of drug-likeness (QED) is 0.577. The SMILES string of the molecule is CC(C)C[C@H](OP(N)(=O)O[C@@H](CC(C)C)C1OCCO1)C1OCCO1. The topological polar surface area (TPSA) is 98.5 Å². The van der Waals surface area contributed by atoms with Gasteiger partial charge >= 0.3 is 7.75 Å². The fraction of sp³-hybridized carbons (Fsp3) is 1.00. The highest BCUT2D eigenvalue weighted by Crippen LogP contribution is 2.46. The molecule has 0 spiro atoms. The van der Waals surface area contributed by atoms with Crippen molar-refractivity contribution in [3.8, 4) is 0 Å². The number of rotatable bonds is 10. The Morgan fingerprint density at radius 3 is 1.44 bits per heavy atom. The van der Waals surface area contributed by atoms with E-state index in [4.69, 9.17) is 33.5 Å². The number of nitrogens with two attached hydrogens (primary N) is 1. The lowest BCUT2D eigenvalue weighted by atomic mass is 10.1. The summed E-state index contributed by atoms with van der Waals surface area (Å²) in [7, 11) is -3.84. The van der Waals surface area contributed by atoms with Crippen LogP contribution in [0.1, 0.15) is 40.5 Å². The van der Waals surface area contributed by atoms with Crippen LogP contribution in [0.5, 0.6) is 0 Å². The summed E-state index contributed by atoms with van der Waals surface area (Å²) in [5, 5.41) is 0. The van der Waals surface area contributed by atoms with Crippen LogP contribution in [0, 0.1) is 11.8 Å². The number of hydrogen-bond donors (Lipinski definition) is 1. The monoisotopic (exact) mass is 381 g/mol. The molecule has 0 aromatic carbocycles. The standard InChI is InChI=1S/C16H32NO7P/c1-11(2)9-13(15-19-5-6-20-15)23-25(17,18)24-14(10-12(3)4)16-21-7-8-22-16/h11-16H,5-10H2,1-4H3,(H2,17,18)/t13-,14-/m0/s1. The molecular formula is C16H32NO7P. The zero-order valence-corrected chi connectivity index (χ0v) is 16.5. The van der Waals surface area contributed by atoms with Gasteiger partial charge in [-0.15, -0.1) is 0 Å². The Labute approximate surface area is 150 Å². The van der Waals surface area contributed by atoms with Crippen LogP contribution in [0.2, 0.25) is 0 Å². The van der Waals surface area contributed by atoms with E-state index in [0.29, 0.717) is 51.1 Å². The largest absolute Gasteiger partial charge is 0.403 e. The molecule has 2 fully saturated rings. The summed E-state index contributed by atoms with van der Waals surface area (Å²) >= 11 is 0. The highest BCUT2D eigenvalue weighted by atomic mass is 31.2. The summed E-state index contributed by atoms with van der Waals surface area (Å²) in [5.74, 6) is 0.594.